The van der Waals surface area contributed by atoms with Gasteiger partial charge in [0.2, 0.25) is 5.91 Å². The second kappa shape index (κ2) is 7.05. The predicted octanol–water partition coefficient (Wildman–Crippen LogP) is 3.89. The molecule has 0 radical (unpaired) electrons. The van der Waals surface area contributed by atoms with Crippen LogP contribution in [0.5, 0.6) is 0 Å². The molecule has 0 bridgehead atoms. The first-order valence-corrected chi connectivity index (χ1v) is 10.1. The summed E-state index contributed by atoms with van der Waals surface area (Å²) < 4.78 is 1.18. The lowest BCUT2D eigenvalue weighted by Crippen LogP contribution is -2.34. The molecule has 27 heavy (non-hydrogen) atoms. The molecule has 1 aliphatic rings. The molecule has 8 heteroatoms. The molecule has 4 rings (SSSR count). The van der Waals surface area contributed by atoms with Crippen molar-refractivity contribution in [3.05, 3.63) is 49.6 Å². The molecule has 1 N–H and O–H groups in total. The van der Waals surface area contributed by atoms with Gasteiger partial charge in [-0.15, -0.1) is 16.4 Å². The Hall–Kier alpha value is -2.25. The highest BCUT2D eigenvalue weighted by molar-refractivity contribution is 7.18. The summed E-state index contributed by atoms with van der Waals surface area (Å²) in [6.45, 7) is 3.48. The number of nitrogens with zero attached hydrogens (tertiary/aromatic N) is 3. The van der Waals surface area contributed by atoms with Gasteiger partial charge in [0, 0.05) is 15.6 Å². The zero-order valence-corrected chi connectivity index (χ0v) is 16.7. The van der Waals surface area contributed by atoms with Gasteiger partial charge in [0.15, 0.2) is 4.83 Å². The van der Waals surface area contributed by atoms with Crippen molar-refractivity contribution in [2.24, 2.45) is 0 Å². The van der Waals surface area contributed by atoms with Crippen LogP contribution in [0.15, 0.2) is 23.0 Å². The molecule has 0 saturated heterocycles. The highest BCUT2D eigenvalue weighted by Crippen LogP contribution is 2.33. The summed E-state index contributed by atoms with van der Waals surface area (Å²) in [5.41, 5.74) is 2.24. The van der Waals surface area contributed by atoms with Gasteiger partial charge in [-0.1, -0.05) is 22.9 Å². The number of hydrogen-bond acceptors (Lipinski definition) is 5. The van der Waals surface area contributed by atoms with Crippen molar-refractivity contribution in [2.75, 3.05) is 5.32 Å². The molecule has 6 nitrogen and oxygen atoms in total. The molecule has 1 aromatic carbocycles. The molecule has 0 fully saturated rings. The van der Waals surface area contributed by atoms with Gasteiger partial charge >= 0.3 is 0 Å². The summed E-state index contributed by atoms with van der Waals surface area (Å²) in [5.74, 6) is -0.333. The minimum atomic E-state index is -0.785. The van der Waals surface area contributed by atoms with Gasteiger partial charge in [0.05, 0.1) is 5.39 Å². The maximum absolute atomic E-state index is 13.0. The Kier molecular flexibility index (Phi) is 4.74. The number of rotatable bonds is 3. The second-order valence-electron chi connectivity index (χ2n) is 6.81. The van der Waals surface area contributed by atoms with E-state index in [0.29, 0.717) is 20.9 Å². The van der Waals surface area contributed by atoms with Crippen LogP contribution in [-0.4, -0.2) is 20.9 Å². The maximum atomic E-state index is 13.0. The van der Waals surface area contributed by atoms with Crippen LogP contribution in [0.1, 0.15) is 41.8 Å². The van der Waals surface area contributed by atoms with Crippen molar-refractivity contribution in [1.29, 1.82) is 0 Å². The Morgan fingerprint density at radius 2 is 2.11 bits per heavy atom. The average Bonchev–Trinajstić information content (AvgIpc) is 3.04. The third kappa shape index (κ3) is 3.15. The second-order valence-corrected chi connectivity index (χ2v) is 8.30. The Bertz CT molecular complexity index is 1110. The quantitative estimate of drug-likeness (QED) is 0.720. The lowest BCUT2D eigenvalue weighted by atomic mass is 9.97. The summed E-state index contributed by atoms with van der Waals surface area (Å²) in [6, 6.07) is 4.52. The smallest absolute Gasteiger partial charge is 0.279 e. The first-order chi connectivity index (χ1) is 13.0. The van der Waals surface area contributed by atoms with E-state index in [0.717, 1.165) is 36.8 Å². The van der Waals surface area contributed by atoms with Gasteiger partial charge < -0.3 is 5.32 Å². The van der Waals surface area contributed by atoms with E-state index in [9.17, 15) is 9.59 Å². The minimum Gasteiger partial charge on any atom is -0.324 e. The summed E-state index contributed by atoms with van der Waals surface area (Å²) >= 11 is 7.66. The van der Waals surface area contributed by atoms with E-state index in [1.165, 1.54) is 9.56 Å². The standard InChI is InChI=1S/C19H19ClN4O2S/c1-10-13(20)7-5-8-14(10)21-17(25)11(2)24-19(26)16-12-6-3-4-9-15(12)27-18(16)22-23-24/h5,7-8,11H,3-4,6,9H2,1-2H3,(H,21,25). The van der Waals surface area contributed by atoms with Crippen LogP contribution in [0.4, 0.5) is 5.69 Å². The first-order valence-electron chi connectivity index (χ1n) is 8.93. The number of fused-ring (bicyclic) bond motifs is 3. The van der Waals surface area contributed by atoms with E-state index in [1.807, 2.05) is 6.92 Å². The Morgan fingerprint density at radius 3 is 2.93 bits per heavy atom. The molecule has 0 aliphatic heterocycles. The molecule has 2 aromatic heterocycles. The molecular formula is C19H19ClN4O2S. The zero-order chi connectivity index (χ0) is 19.1. The van der Waals surface area contributed by atoms with Crippen LogP contribution in [0, 0.1) is 6.92 Å². The fourth-order valence-electron chi connectivity index (χ4n) is 3.43. The number of aryl methyl sites for hydroxylation is 2. The van der Waals surface area contributed by atoms with E-state index in [-0.39, 0.29) is 11.5 Å². The fraction of sp³-hybridized carbons (Fsp3) is 0.368. The summed E-state index contributed by atoms with van der Waals surface area (Å²) in [7, 11) is 0. The summed E-state index contributed by atoms with van der Waals surface area (Å²) in [6.07, 6.45) is 4.09. The summed E-state index contributed by atoms with van der Waals surface area (Å²) in [5, 5.41) is 12.3. The van der Waals surface area contributed by atoms with Gasteiger partial charge in [0.1, 0.15) is 6.04 Å². The third-order valence-electron chi connectivity index (χ3n) is 5.08. The van der Waals surface area contributed by atoms with Crippen LogP contribution in [0.3, 0.4) is 0 Å². The number of halogens is 1. The van der Waals surface area contributed by atoms with Gasteiger partial charge in [0.25, 0.3) is 5.56 Å². The molecule has 140 valence electrons. The topological polar surface area (TPSA) is 76.9 Å². The number of carbonyl (C=O) groups is 1. The number of amides is 1. The normalized spacial score (nSPS) is 14.8. The molecule has 0 spiro atoms. The van der Waals surface area contributed by atoms with Crippen LogP contribution in [0.2, 0.25) is 5.02 Å². The Labute approximate surface area is 165 Å². The number of thiophene rings is 1. The van der Waals surface area contributed by atoms with Crippen LogP contribution < -0.4 is 10.9 Å². The van der Waals surface area contributed by atoms with E-state index in [1.54, 1.807) is 36.5 Å². The molecular weight excluding hydrogens is 384 g/mol. The van der Waals surface area contributed by atoms with Crippen molar-refractivity contribution < 1.29 is 4.79 Å². The van der Waals surface area contributed by atoms with E-state index >= 15 is 0 Å². The SMILES string of the molecule is Cc1c(Cl)cccc1NC(=O)C(C)n1nnc2sc3c(c2c1=O)CCCC3. The third-order valence-corrected chi connectivity index (χ3v) is 6.66. The Balaban J connectivity index is 1.69. The monoisotopic (exact) mass is 402 g/mol. The lowest BCUT2D eigenvalue weighted by Gasteiger charge is -2.15. The molecule has 1 unspecified atom stereocenters. The molecule has 2 heterocycles. The van der Waals surface area contributed by atoms with Crippen LogP contribution in [0.25, 0.3) is 10.2 Å². The predicted molar refractivity (Wildman–Crippen MR) is 108 cm³/mol. The van der Waals surface area contributed by atoms with Crippen molar-refractivity contribution in [2.45, 2.75) is 45.6 Å². The fourth-order valence-corrected chi connectivity index (χ4v) is 4.80. The highest BCUT2D eigenvalue weighted by atomic mass is 35.5. The maximum Gasteiger partial charge on any atom is 0.279 e. The van der Waals surface area contributed by atoms with Gasteiger partial charge in [-0.25, -0.2) is 0 Å². The molecule has 3 aromatic rings. The lowest BCUT2D eigenvalue weighted by molar-refractivity contribution is -0.119. The average molecular weight is 403 g/mol. The van der Waals surface area contributed by atoms with E-state index < -0.39 is 6.04 Å². The van der Waals surface area contributed by atoms with Crippen LogP contribution in [-0.2, 0) is 17.6 Å². The van der Waals surface area contributed by atoms with Crippen molar-refractivity contribution in [3.63, 3.8) is 0 Å². The van der Waals surface area contributed by atoms with Gasteiger partial charge in [-0.05, 0) is 62.8 Å². The van der Waals surface area contributed by atoms with Gasteiger partial charge in [-0.2, -0.15) is 4.68 Å². The van der Waals surface area contributed by atoms with Crippen molar-refractivity contribution in [3.8, 4) is 0 Å². The van der Waals surface area contributed by atoms with Crippen molar-refractivity contribution in [1.82, 2.24) is 15.0 Å². The minimum absolute atomic E-state index is 0.245. The highest BCUT2D eigenvalue weighted by Gasteiger charge is 2.24. The Morgan fingerprint density at radius 1 is 1.33 bits per heavy atom. The number of benzene rings is 1. The molecule has 1 amide bonds. The zero-order valence-electron chi connectivity index (χ0n) is 15.1. The first kappa shape index (κ1) is 18.1. The number of anilines is 1. The number of nitrogens with one attached hydrogen (secondary N) is 1. The number of aromatic nitrogens is 3. The van der Waals surface area contributed by atoms with Crippen LogP contribution >= 0.6 is 22.9 Å². The molecule has 1 atom stereocenters. The van der Waals surface area contributed by atoms with E-state index in [2.05, 4.69) is 15.6 Å². The summed E-state index contributed by atoms with van der Waals surface area (Å²) in [4.78, 5) is 27.7. The van der Waals surface area contributed by atoms with Gasteiger partial charge in [-0.3, -0.25) is 9.59 Å². The van der Waals surface area contributed by atoms with Crippen molar-refractivity contribution >= 4 is 44.7 Å². The molecule has 0 saturated carbocycles. The largest absolute Gasteiger partial charge is 0.324 e. The number of hydrogen-bond donors (Lipinski definition) is 1. The molecule has 1 aliphatic carbocycles. The van der Waals surface area contributed by atoms with E-state index in [4.69, 9.17) is 11.6 Å². The number of carbonyl (C=O) groups excluding carboxylic acids is 1.